The van der Waals surface area contributed by atoms with Gasteiger partial charge in [-0.25, -0.2) is 4.79 Å². The summed E-state index contributed by atoms with van der Waals surface area (Å²) in [6.45, 7) is 3.25. The van der Waals surface area contributed by atoms with Crippen LogP contribution in [0.5, 0.6) is 0 Å². The first-order chi connectivity index (χ1) is 19.6. The molecule has 0 aliphatic carbocycles. The number of nitrogens with one attached hydrogen (secondary N) is 2. The van der Waals surface area contributed by atoms with E-state index < -0.39 is 12.6 Å². The molecule has 4 aromatic rings. The first-order valence-electron chi connectivity index (χ1n) is 12.6. The lowest BCUT2D eigenvalue weighted by molar-refractivity contribution is -0.142. The van der Waals surface area contributed by atoms with E-state index in [0.29, 0.717) is 50.0 Å². The van der Waals surface area contributed by atoms with E-state index >= 15 is 0 Å². The van der Waals surface area contributed by atoms with Gasteiger partial charge in [-0.15, -0.1) is 0 Å². The van der Waals surface area contributed by atoms with Crippen molar-refractivity contribution in [2.24, 2.45) is 5.16 Å². The molecule has 0 saturated heterocycles. The van der Waals surface area contributed by atoms with Crippen molar-refractivity contribution in [1.82, 2.24) is 0 Å². The van der Waals surface area contributed by atoms with E-state index in [1.807, 2.05) is 74.5 Å². The number of rotatable bonds is 11. The van der Waals surface area contributed by atoms with Crippen molar-refractivity contribution >= 4 is 80.8 Å². The van der Waals surface area contributed by atoms with Crippen LogP contribution in [0.25, 0.3) is 0 Å². The maximum Gasteiger partial charge on any atom is 0.344 e. The standard InChI is InChI=1S/C31H27Cl4N3O3/c1-18-11-13-23(32)30(28(18)34)36-25-9-5-3-7-20(25)15-22(38-41-17-27(39)40)16-21-8-4-6-10-26(21)37-31-24(33)14-12-19(2)29(31)35/h3-14,36-37H,15-17H2,1-2H3,(H,39,40). The Morgan fingerprint density at radius 3 is 1.61 bits per heavy atom. The molecule has 0 aromatic heterocycles. The predicted octanol–water partition coefficient (Wildman–Crippen LogP) is 9.65. The Morgan fingerprint density at radius 1 is 0.732 bits per heavy atom. The third-order valence-electron chi connectivity index (χ3n) is 6.29. The van der Waals surface area contributed by atoms with E-state index in [2.05, 4.69) is 15.8 Å². The van der Waals surface area contributed by atoms with Gasteiger partial charge in [0.25, 0.3) is 0 Å². The molecule has 0 aliphatic heterocycles. The molecule has 10 heteroatoms. The first-order valence-corrected chi connectivity index (χ1v) is 14.1. The zero-order valence-corrected chi connectivity index (χ0v) is 25.3. The van der Waals surface area contributed by atoms with Gasteiger partial charge in [0.1, 0.15) is 0 Å². The molecule has 0 fully saturated rings. The second-order valence-corrected chi connectivity index (χ2v) is 10.9. The summed E-state index contributed by atoms with van der Waals surface area (Å²) in [5.74, 6) is -1.12. The second-order valence-electron chi connectivity index (χ2n) is 9.35. The highest BCUT2D eigenvalue weighted by Gasteiger charge is 2.16. The quantitative estimate of drug-likeness (QED) is 0.113. The molecule has 0 amide bonds. The molecule has 41 heavy (non-hydrogen) atoms. The Bertz CT molecular complexity index is 1500. The minimum Gasteiger partial charge on any atom is -0.479 e. The van der Waals surface area contributed by atoms with Gasteiger partial charge in [-0.05, 0) is 60.4 Å². The van der Waals surface area contributed by atoms with Gasteiger partial charge in [0.05, 0.1) is 37.2 Å². The van der Waals surface area contributed by atoms with Crippen LogP contribution in [0.15, 0.2) is 78.0 Å². The molecule has 0 bridgehead atoms. The van der Waals surface area contributed by atoms with Crippen LogP contribution in [0.1, 0.15) is 22.3 Å². The van der Waals surface area contributed by atoms with E-state index in [0.717, 1.165) is 33.6 Å². The van der Waals surface area contributed by atoms with Crippen LogP contribution in [0.2, 0.25) is 20.1 Å². The van der Waals surface area contributed by atoms with E-state index in [1.54, 1.807) is 12.1 Å². The fourth-order valence-corrected chi connectivity index (χ4v) is 5.08. The number of hydrogen-bond donors (Lipinski definition) is 3. The van der Waals surface area contributed by atoms with Gasteiger partial charge >= 0.3 is 5.97 Å². The lowest BCUT2D eigenvalue weighted by Gasteiger charge is -2.18. The highest BCUT2D eigenvalue weighted by Crippen LogP contribution is 2.37. The number of aryl methyl sites for hydroxylation is 2. The molecule has 0 radical (unpaired) electrons. The number of carbonyl (C=O) groups is 1. The van der Waals surface area contributed by atoms with Gasteiger partial charge in [0.15, 0.2) is 0 Å². The smallest absolute Gasteiger partial charge is 0.344 e. The van der Waals surface area contributed by atoms with Crippen molar-refractivity contribution in [2.45, 2.75) is 26.7 Å². The number of carboxylic acid groups (broad SMARTS) is 1. The lowest BCUT2D eigenvalue weighted by Crippen LogP contribution is -2.13. The van der Waals surface area contributed by atoms with E-state index in [-0.39, 0.29) is 0 Å². The molecule has 212 valence electrons. The molecule has 4 rings (SSSR count). The van der Waals surface area contributed by atoms with Gasteiger partial charge in [-0.1, -0.05) is 100 Å². The molecule has 0 unspecified atom stereocenters. The average molecular weight is 631 g/mol. The van der Waals surface area contributed by atoms with E-state index in [1.165, 1.54) is 0 Å². The maximum absolute atomic E-state index is 11.1. The molecule has 0 spiro atoms. The third-order valence-corrected chi connectivity index (χ3v) is 7.90. The van der Waals surface area contributed by atoms with Crippen molar-refractivity contribution < 1.29 is 14.7 Å². The first kappa shape index (κ1) is 30.5. The molecule has 0 heterocycles. The summed E-state index contributed by atoms with van der Waals surface area (Å²) in [5, 5.41) is 22.1. The van der Waals surface area contributed by atoms with Crippen molar-refractivity contribution in [2.75, 3.05) is 17.2 Å². The third kappa shape index (κ3) is 7.86. The Hall–Kier alpha value is -3.42. The summed E-state index contributed by atoms with van der Waals surface area (Å²) in [6.07, 6.45) is 0.703. The SMILES string of the molecule is Cc1ccc(Cl)c(Nc2ccccc2CC(Cc2ccccc2Nc2c(Cl)ccc(C)c2Cl)=NOCC(=O)O)c1Cl. The molecule has 0 saturated carbocycles. The molecular weight excluding hydrogens is 604 g/mol. The summed E-state index contributed by atoms with van der Waals surface area (Å²) in [4.78, 5) is 16.3. The van der Waals surface area contributed by atoms with Crippen LogP contribution in [0, 0.1) is 13.8 Å². The molecule has 3 N–H and O–H groups in total. The van der Waals surface area contributed by atoms with Crippen LogP contribution in [0.4, 0.5) is 22.7 Å². The maximum atomic E-state index is 11.1. The molecule has 0 atom stereocenters. The van der Waals surface area contributed by atoms with Crippen LogP contribution >= 0.6 is 46.4 Å². The number of benzene rings is 4. The van der Waals surface area contributed by atoms with Crippen LogP contribution in [0.3, 0.4) is 0 Å². The average Bonchev–Trinajstić information content (AvgIpc) is 2.94. The largest absolute Gasteiger partial charge is 0.479 e. The predicted molar refractivity (Wildman–Crippen MR) is 170 cm³/mol. The number of anilines is 4. The highest BCUT2D eigenvalue weighted by atomic mass is 35.5. The summed E-state index contributed by atoms with van der Waals surface area (Å²) < 4.78 is 0. The molecular formula is C31H27Cl4N3O3. The van der Waals surface area contributed by atoms with Crippen molar-refractivity contribution in [3.8, 4) is 0 Å². The molecule has 4 aromatic carbocycles. The monoisotopic (exact) mass is 629 g/mol. The fraction of sp³-hybridized carbons (Fsp3) is 0.161. The fourth-order valence-electron chi connectivity index (χ4n) is 4.15. The summed E-state index contributed by atoms with van der Waals surface area (Å²) in [7, 11) is 0. The van der Waals surface area contributed by atoms with Crippen LogP contribution in [-0.4, -0.2) is 23.4 Å². The Kier molecular flexibility index (Phi) is 10.4. The normalized spacial score (nSPS) is 10.7. The van der Waals surface area contributed by atoms with Crippen LogP contribution < -0.4 is 10.6 Å². The minimum atomic E-state index is -1.12. The van der Waals surface area contributed by atoms with E-state index in [4.69, 9.17) is 56.3 Å². The number of aliphatic carboxylic acids is 1. The van der Waals surface area contributed by atoms with Gasteiger partial charge in [0, 0.05) is 24.2 Å². The number of para-hydroxylation sites is 2. The summed E-state index contributed by atoms with van der Waals surface area (Å²) >= 11 is 26.0. The molecule has 0 aliphatic rings. The van der Waals surface area contributed by atoms with Crippen molar-refractivity contribution in [3.05, 3.63) is 115 Å². The number of carboxylic acids is 1. The number of oxime groups is 1. The topological polar surface area (TPSA) is 83.0 Å². The van der Waals surface area contributed by atoms with Crippen LogP contribution in [-0.2, 0) is 22.5 Å². The highest BCUT2D eigenvalue weighted by molar-refractivity contribution is 6.40. The van der Waals surface area contributed by atoms with Gasteiger partial charge in [-0.2, -0.15) is 0 Å². The second kappa shape index (κ2) is 14.0. The lowest BCUT2D eigenvalue weighted by atomic mass is 9.99. The Labute approximate surface area is 258 Å². The van der Waals surface area contributed by atoms with Crippen molar-refractivity contribution in [3.63, 3.8) is 0 Å². The van der Waals surface area contributed by atoms with Gasteiger partial charge in [-0.3, -0.25) is 0 Å². The van der Waals surface area contributed by atoms with E-state index in [9.17, 15) is 4.79 Å². The molecule has 6 nitrogen and oxygen atoms in total. The van der Waals surface area contributed by atoms with Gasteiger partial charge in [0.2, 0.25) is 6.61 Å². The zero-order valence-electron chi connectivity index (χ0n) is 22.3. The zero-order chi connectivity index (χ0) is 29.5. The number of halogens is 4. The number of hydrogen-bond acceptors (Lipinski definition) is 5. The summed E-state index contributed by atoms with van der Waals surface area (Å²) in [5.41, 5.74) is 6.89. The Morgan fingerprint density at radius 2 is 1.17 bits per heavy atom. The Balaban J connectivity index is 1.66. The van der Waals surface area contributed by atoms with Crippen molar-refractivity contribution in [1.29, 1.82) is 0 Å². The number of nitrogens with zero attached hydrogens (tertiary/aromatic N) is 1. The minimum absolute atomic E-state index is 0.351. The van der Waals surface area contributed by atoms with Gasteiger partial charge < -0.3 is 20.6 Å². The summed E-state index contributed by atoms with van der Waals surface area (Å²) in [6, 6.07) is 22.6.